The number of aromatic nitrogens is 2. The highest BCUT2D eigenvalue weighted by atomic mass is 79.9. The average molecular weight is 338 g/mol. The Labute approximate surface area is 122 Å². The highest BCUT2D eigenvalue weighted by Gasteiger charge is 2.50. The number of H-pyrrole nitrogens is 1. The number of aliphatic carboxylic acids is 1. The van der Waals surface area contributed by atoms with Gasteiger partial charge in [-0.05, 0) is 31.0 Å². The molecule has 0 spiro atoms. The van der Waals surface area contributed by atoms with Gasteiger partial charge in [0.25, 0.3) is 5.91 Å². The zero-order valence-electron chi connectivity index (χ0n) is 10.4. The number of carboxylic acids is 1. The number of fused-ring (bicyclic) bond motifs is 1. The molecule has 3 N–H and O–H groups in total. The van der Waals surface area contributed by atoms with Crippen molar-refractivity contribution in [3.8, 4) is 0 Å². The summed E-state index contributed by atoms with van der Waals surface area (Å²) in [5.74, 6) is -1.21. The first-order valence-corrected chi connectivity index (χ1v) is 6.96. The van der Waals surface area contributed by atoms with Gasteiger partial charge in [0, 0.05) is 16.4 Å². The number of benzene rings is 1. The summed E-state index contributed by atoms with van der Waals surface area (Å²) in [5.41, 5.74) is 0.266. The summed E-state index contributed by atoms with van der Waals surface area (Å²) in [6, 6.07) is 5.48. The van der Waals surface area contributed by atoms with E-state index >= 15 is 0 Å². The second kappa shape index (κ2) is 4.59. The molecular formula is C13H12BrN3O3. The minimum absolute atomic E-state index is 0.142. The number of halogens is 1. The Bertz CT molecular complexity index is 706. The summed E-state index contributed by atoms with van der Waals surface area (Å²) in [6.07, 6.45) is 1.21. The highest BCUT2D eigenvalue weighted by molar-refractivity contribution is 9.10. The molecule has 1 amide bonds. The van der Waals surface area contributed by atoms with Gasteiger partial charge in [-0.2, -0.15) is 5.10 Å². The summed E-state index contributed by atoms with van der Waals surface area (Å²) in [5, 5.41) is 19.2. The zero-order valence-corrected chi connectivity index (χ0v) is 12.0. The highest BCUT2D eigenvalue weighted by Crippen LogP contribution is 2.45. The predicted molar refractivity (Wildman–Crippen MR) is 75.4 cm³/mol. The SMILES string of the molecule is O=C(NCC1(C(=O)O)CC1)c1n[nH]c2ccc(Br)cc12. The molecule has 1 aliphatic rings. The number of amides is 1. The van der Waals surface area contributed by atoms with Gasteiger partial charge >= 0.3 is 5.97 Å². The number of nitrogens with zero attached hydrogens (tertiary/aromatic N) is 1. The molecule has 1 aromatic carbocycles. The molecule has 6 nitrogen and oxygen atoms in total. The van der Waals surface area contributed by atoms with Crippen molar-refractivity contribution in [3.05, 3.63) is 28.4 Å². The van der Waals surface area contributed by atoms with Gasteiger partial charge in [-0.25, -0.2) is 0 Å². The largest absolute Gasteiger partial charge is 0.481 e. The number of hydrogen-bond donors (Lipinski definition) is 3. The average Bonchev–Trinajstić information content (AvgIpc) is 3.10. The van der Waals surface area contributed by atoms with Crippen LogP contribution in [0.1, 0.15) is 23.3 Å². The fourth-order valence-corrected chi connectivity index (χ4v) is 2.47. The molecule has 0 atom stereocenters. The van der Waals surface area contributed by atoms with E-state index in [1.807, 2.05) is 12.1 Å². The zero-order chi connectivity index (χ0) is 14.3. The minimum Gasteiger partial charge on any atom is -0.481 e. The molecule has 0 bridgehead atoms. The van der Waals surface area contributed by atoms with Crippen LogP contribution in [0.5, 0.6) is 0 Å². The van der Waals surface area contributed by atoms with Crippen LogP contribution in [0.25, 0.3) is 10.9 Å². The molecule has 1 heterocycles. The Morgan fingerprint density at radius 1 is 1.45 bits per heavy atom. The van der Waals surface area contributed by atoms with Crippen LogP contribution in [0.15, 0.2) is 22.7 Å². The molecular weight excluding hydrogens is 326 g/mol. The molecule has 20 heavy (non-hydrogen) atoms. The number of nitrogens with one attached hydrogen (secondary N) is 2. The van der Waals surface area contributed by atoms with Gasteiger partial charge in [-0.3, -0.25) is 14.7 Å². The van der Waals surface area contributed by atoms with Crippen LogP contribution >= 0.6 is 15.9 Å². The van der Waals surface area contributed by atoms with Crippen LogP contribution in [-0.2, 0) is 4.79 Å². The lowest BCUT2D eigenvalue weighted by Crippen LogP contribution is -2.34. The van der Waals surface area contributed by atoms with Gasteiger partial charge in [0.05, 0.1) is 10.9 Å². The van der Waals surface area contributed by atoms with Crippen LogP contribution < -0.4 is 5.32 Å². The molecule has 0 aliphatic heterocycles. The van der Waals surface area contributed by atoms with E-state index < -0.39 is 11.4 Å². The first-order valence-electron chi connectivity index (χ1n) is 6.17. The molecule has 1 aromatic heterocycles. The Kier molecular flexibility index (Phi) is 3.01. The number of hydrogen-bond acceptors (Lipinski definition) is 3. The lowest BCUT2D eigenvalue weighted by Gasteiger charge is -2.10. The van der Waals surface area contributed by atoms with Crippen LogP contribution in [0.3, 0.4) is 0 Å². The smallest absolute Gasteiger partial charge is 0.311 e. The fourth-order valence-electron chi connectivity index (χ4n) is 2.11. The lowest BCUT2D eigenvalue weighted by molar-refractivity contribution is -0.143. The molecule has 104 valence electrons. The third-order valence-corrected chi connectivity index (χ3v) is 4.13. The number of carboxylic acid groups (broad SMARTS) is 1. The second-order valence-corrected chi connectivity index (χ2v) is 5.95. The first-order chi connectivity index (χ1) is 9.52. The summed E-state index contributed by atoms with van der Waals surface area (Å²) >= 11 is 3.35. The topological polar surface area (TPSA) is 95.1 Å². The van der Waals surface area contributed by atoms with Crippen molar-refractivity contribution in [1.29, 1.82) is 0 Å². The monoisotopic (exact) mass is 337 g/mol. The molecule has 1 saturated carbocycles. The van der Waals surface area contributed by atoms with Crippen LogP contribution in [-0.4, -0.2) is 33.7 Å². The molecule has 7 heteroatoms. The second-order valence-electron chi connectivity index (χ2n) is 5.03. The van der Waals surface area contributed by atoms with Crippen molar-refractivity contribution in [2.45, 2.75) is 12.8 Å². The Morgan fingerprint density at radius 2 is 2.20 bits per heavy atom. The van der Waals surface area contributed by atoms with E-state index in [2.05, 4.69) is 31.4 Å². The number of aromatic amines is 1. The third-order valence-electron chi connectivity index (χ3n) is 3.63. The quantitative estimate of drug-likeness (QED) is 0.794. The van der Waals surface area contributed by atoms with Gasteiger partial charge in [0.1, 0.15) is 0 Å². The van der Waals surface area contributed by atoms with Gasteiger partial charge in [0.2, 0.25) is 0 Å². The molecule has 0 unspecified atom stereocenters. The summed E-state index contributed by atoms with van der Waals surface area (Å²) in [7, 11) is 0. The van der Waals surface area contributed by atoms with E-state index in [1.54, 1.807) is 6.07 Å². The van der Waals surface area contributed by atoms with E-state index in [1.165, 1.54) is 0 Å². The van der Waals surface area contributed by atoms with Gasteiger partial charge in [-0.1, -0.05) is 15.9 Å². The number of carbonyl (C=O) groups is 2. The Morgan fingerprint density at radius 3 is 2.85 bits per heavy atom. The van der Waals surface area contributed by atoms with Gasteiger partial charge in [-0.15, -0.1) is 0 Å². The minimum atomic E-state index is -0.854. The van der Waals surface area contributed by atoms with Crippen LogP contribution in [0.2, 0.25) is 0 Å². The number of carbonyl (C=O) groups excluding carboxylic acids is 1. The van der Waals surface area contributed by atoms with Gasteiger partial charge < -0.3 is 10.4 Å². The molecule has 3 rings (SSSR count). The normalized spacial score (nSPS) is 16.1. The standard InChI is InChI=1S/C13H12BrN3O3/c14-7-1-2-9-8(5-7)10(17-16-9)11(18)15-6-13(3-4-13)12(19)20/h1-2,5H,3-4,6H2,(H,15,18)(H,16,17)(H,19,20). The van der Waals surface area contributed by atoms with Crippen molar-refractivity contribution in [3.63, 3.8) is 0 Å². The maximum Gasteiger partial charge on any atom is 0.311 e. The molecule has 1 fully saturated rings. The van der Waals surface area contributed by atoms with E-state index in [4.69, 9.17) is 5.11 Å². The molecule has 0 radical (unpaired) electrons. The Balaban J connectivity index is 1.79. The molecule has 2 aromatic rings. The predicted octanol–water partition coefficient (Wildman–Crippen LogP) is 1.92. The van der Waals surface area contributed by atoms with E-state index in [0.717, 1.165) is 9.99 Å². The summed E-state index contributed by atoms with van der Waals surface area (Å²) in [6.45, 7) is 0.142. The summed E-state index contributed by atoms with van der Waals surface area (Å²) in [4.78, 5) is 23.2. The van der Waals surface area contributed by atoms with Crippen LogP contribution in [0.4, 0.5) is 0 Å². The molecule has 0 saturated heterocycles. The first kappa shape index (κ1) is 13.1. The van der Waals surface area contributed by atoms with Crippen LogP contribution in [0, 0.1) is 5.41 Å². The fraction of sp³-hybridized carbons (Fsp3) is 0.308. The third kappa shape index (κ3) is 2.18. The van der Waals surface area contributed by atoms with Crippen molar-refractivity contribution in [2.75, 3.05) is 6.54 Å². The van der Waals surface area contributed by atoms with E-state index in [0.29, 0.717) is 18.2 Å². The maximum atomic E-state index is 12.1. The lowest BCUT2D eigenvalue weighted by atomic mass is 10.1. The summed E-state index contributed by atoms with van der Waals surface area (Å²) < 4.78 is 0.852. The van der Waals surface area contributed by atoms with Crippen molar-refractivity contribution < 1.29 is 14.7 Å². The Hall–Kier alpha value is -1.89. The van der Waals surface area contributed by atoms with E-state index in [9.17, 15) is 9.59 Å². The van der Waals surface area contributed by atoms with Crippen molar-refractivity contribution in [2.24, 2.45) is 5.41 Å². The maximum absolute atomic E-state index is 12.1. The van der Waals surface area contributed by atoms with Crippen molar-refractivity contribution in [1.82, 2.24) is 15.5 Å². The van der Waals surface area contributed by atoms with Crippen molar-refractivity contribution >= 4 is 38.7 Å². The van der Waals surface area contributed by atoms with E-state index in [-0.39, 0.29) is 18.1 Å². The number of rotatable bonds is 4. The van der Waals surface area contributed by atoms with Gasteiger partial charge in [0.15, 0.2) is 5.69 Å². The molecule has 1 aliphatic carbocycles.